The first-order valence-corrected chi connectivity index (χ1v) is 4.11. The Kier molecular flexibility index (Phi) is 4.03. The zero-order chi connectivity index (χ0) is 11.3. The van der Waals surface area contributed by atoms with Crippen molar-refractivity contribution in [3.63, 3.8) is 0 Å². The quantitative estimate of drug-likeness (QED) is 0.707. The van der Waals surface area contributed by atoms with Gasteiger partial charge in [0.2, 0.25) is 18.5 Å². The molecule has 0 spiro atoms. The summed E-state index contributed by atoms with van der Waals surface area (Å²) < 4.78 is 47.1. The molecular weight excluding hydrogens is 209 g/mol. The van der Waals surface area contributed by atoms with Crippen LogP contribution >= 0.6 is 0 Å². The third-order valence-corrected chi connectivity index (χ3v) is 1.58. The molecule has 0 heterocycles. The minimum absolute atomic E-state index is 0.0552. The molecule has 1 aromatic rings. The van der Waals surface area contributed by atoms with Crippen LogP contribution in [0.1, 0.15) is 0 Å². The van der Waals surface area contributed by atoms with E-state index in [1.54, 1.807) is 0 Å². The predicted octanol–water partition coefficient (Wildman–Crippen LogP) is 2.84. The van der Waals surface area contributed by atoms with Gasteiger partial charge in [0.15, 0.2) is 11.5 Å². The summed E-state index contributed by atoms with van der Waals surface area (Å²) in [5, 5.41) is 0. The van der Waals surface area contributed by atoms with Crippen molar-refractivity contribution in [3.8, 4) is 11.5 Å². The fourth-order valence-electron chi connectivity index (χ4n) is 0.944. The van der Waals surface area contributed by atoms with Crippen LogP contribution in [-0.4, -0.2) is 13.5 Å². The van der Waals surface area contributed by atoms with E-state index in [-0.39, 0.29) is 12.4 Å². The Labute approximate surface area is 84.9 Å². The van der Waals surface area contributed by atoms with E-state index in [4.69, 9.17) is 4.74 Å². The second-order valence-electron chi connectivity index (χ2n) is 2.54. The molecule has 82 valence electrons. The minimum atomic E-state index is -1.27. The van der Waals surface area contributed by atoms with Crippen molar-refractivity contribution in [2.75, 3.05) is 13.5 Å². The molecule has 0 fully saturated rings. The van der Waals surface area contributed by atoms with Gasteiger partial charge in [0.25, 0.3) is 0 Å². The summed E-state index contributed by atoms with van der Waals surface area (Å²) in [5.74, 6) is -3.23. The monoisotopic (exact) mass is 218 g/mol. The van der Waals surface area contributed by atoms with Gasteiger partial charge in [-0.2, -0.15) is 8.78 Å². The number of hydrogen-bond acceptors (Lipinski definition) is 2. The number of halogens is 3. The molecule has 0 N–H and O–H groups in total. The highest BCUT2D eigenvalue weighted by Crippen LogP contribution is 2.27. The molecule has 0 atom stereocenters. The average molecular weight is 218 g/mol. The Hall–Kier alpha value is -1.65. The highest BCUT2D eigenvalue weighted by molar-refractivity contribution is 5.35. The van der Waals surface area contributed by atoms with E-state index in [1.807, 2.05) is 0 Å². The van der Waals surface area contributed by atoms with Crippen LogP contribution in [0.3, 0.4) is 0 Å². The van der Waals surface area contributed by atoms with Crippen LogP contribution in [0.25, 0.3) is 0 Å². The van der Waals surface area contributed by atoms with Crippen LogP contribution < -0.4 is 9.47 Å². The van der Waals surface area contributed by atoms with Gasteiger partial charge >= 0.3 is 0 Å². The number of hydrogen-bond donors (Lipinski definition) is 0. The minimum Gasteiger partial charge on any atom is -0.486 e. The van der Waals surface area contributed by atoms with E-state index in [0.717, 1.165) is 12.1 Å². The molecule has 0 saturated carbocycles. The SMILES string of the molecule is C=CCOc1ccc(OCF)c(F)c1F. The van der Waals surface area contributed by atoms with Gasteiger partial charge < -0.3 is 9.47 Å². The maximum absolute atomic E-state index is 13.2. The Morgan fingerprint density at radius 2 is 1.67 bits per heavy atom. The Morgan fingerprint density at radius 3 is 2.13 bits per heavy atom. The molecule has 1 aromatic carbocycles. The summed E-state index contributed by atoms with van der Waals surface area (Å²) in [6, 6.07) is 2.25. The van der Waals surface area contributed by atoms with Crippen molar-refractivity contribution < 1.29 is 22.6 Å². The van der Waals surface area contributed by atoms with Crippen molar-refractivity contribution in [1.82, 2.24) is 0 Å². The van der Waals surface area contributed by atoms with Crippen LogP contribution in [0.15, 0.2) is 24.8 Å². The summed E-state index contributed by atoms with van der Waals surface area (Å²) in [6.07, 6.45) is 1.39. The highest BCUT2D eigenvalue weighted by atomic mass is 19.2. The van der Waals surface area contributed by atoms with Gasteiger partial charge in [-0.05, 0) is 12.1 Å². The van der Waals surface area contributed by atoms with Crippen LogP contribution in [0.4, 0.5) is 13.2 Å². The largest absolute Gasteiger partial charge is 0.486 e. The molecule has 0 bridgehead atoms. The lowest BCUT2D eigenvalue weighted by Crippen LogP contribution is -2.00. The first kappa shape index (κ1) is 11.4. The summed E-state index contributed by atoms with van der Waals surface area (Å²) >= 11 is 0. The van der Waals surface area contributed by atoms with Gasteiger partial charge in [-0.1, -0.05) is 12.7 Å². The molecule has 0 amide bonds. The summed E-state index contributed by atoms with van der Waals surface area (Å²) in [6.45, 7) is 2.20. The van der Waals surface area contributed by atoms with Gasteiger partial charge in [0.1, 0.15) is 6.61 Å². The van der Waals surface area contributed by atoms with E-state index >= 15 is 0 Å². The third-order valence-electron chi connectivity index (χ3n) is 1.58. The molecule has 0 aliphatic rings. The van der Waals surface area contributed by atoms with Crippen molar-refractivity contribution >= 4 is 0 Å². The lowest BCUT2D eigenvalue weighted by atomic mass is 10.3. The maximum atomic E-state index is 13.2. The van der Waals surface area contributed by atoms with Gasteiger partial charge in [0, 0.05) is 0 Å². The molecule has 0 aliphatic heterocycles. The summed E-state index contributed by atoms with van der Waals surface area (Å²) in [4.78, 5) is 0. The highest BCUT2D eigenvalue weighted by Gasteiger charge is 2.15. The lowest BCUT2D eigenvalue weighted by molar-refractivity contribution is 0.181. The predicted molar refractivity (Wildman–Crippen MR) is 48.7 cm³/mol. The smallest absolute Gasteiger partial charge is 0.228 e. The van der Waals surface area contributed by atoms with E-state index in [9.17, 15) is 13.2 Å². The van der Waals surface area contributed by atoms with E-state index in [0.29, 0.717) is 0 Å². The van der Waals surface area contributed by atoms with Gasteiger partial charge in [-0.15, -0.1) is 0 Å². The molecule has 15 heavy (non-hydrogen) atoms. The average Bonchev–Trinajstić information content (AvgIpc) is 2.24. The Balaban J connectivity index is 2.93. The maximum Gasteiger partial charge on any atom is 0.228 e. The number of benzene rings is 1. The molecule has 2 nitrogen and oxygen atoms in total. The normalized spacial score (nSPS) is 9.80. The second kappa shape index (κ2) is 5.29. The molecular formula is C10H9F3O2. The fraction of sp³-hybridized carbons (Fsp3) is 0.200. The molecule has 0 unspecified atom stereocenters. The zero-order valence-corrected chi connectivity index (χ0v) is 7.80. The summed E-state index contributed by atoms with van der Waals surface area (Å²) in [5.41, 5.74) is 0. The molecule has 5 heteroatoms. The Morgan fingerprint density at radius 1 is 1.13 bits per heavy atom. The van der Waals surface area contributed by atoms with Crippen molar-refractivity contribution in [2.45, 2.75) is 0 Å². The molecule has 0 radical (unpaired) electrons. The standard InChI is InChI=1S/C10H9F3O2/c1-2-5-14-7-3-4-8(15-6-11)10(13)9(7)12/h2-4H,1,5-6H2. The van der Waals surface area contributed by atoms with Crippen molar-refractivity contribution in [1.29, 1.82) is 0 Å². The van der Waals surface area contributed by atoms with Gasteiger partial charge in [-0.3, -0.25) is 0 Å². The zero-order valence-electron chi connectivity index (χ0n) is 7.80. The lowest BCUT2D eigenvalue weighted by Gasteiger charge is -2.08. The molecule has 0 saturated heterocycles. The number of alkyl halides is 1. The first-order valence-electron chi connectivity index (χ1n) is 4.11. The van der Waals surface area contributed by atoms with E-state index < -0.39 is 24.2 Å². The van der Waals surface area contributed by atoms with Crippen molar-refractivity contribution in [3.05, 3.63) is 36.4 Å². The number of rotatable bonds is 5. The van der Waals surface area contributed by atoms with Crippen LogP contribution in [-0.2, 0) is 0 Å². The van der Waals surface area contributed by atoms with E-state index in [2.05, 4.69) is 11.3 Å². The van der Waals surface area contributed by atoms with Crippen molar-refractivity contribution in [2.24, 2.45) is 0 Å². The topological polar surface area (TPSA) is 18.5 Å². The van der Waals surface area contributed by atoms with Crippen LogP contribution in [0, 0.1) is 11.6 Å². The summed E-state index contributed by atoms with van der Waals surface area (Å²) in [7, 11) is 0. The molecule has 0 aliphatic carbocycles. The van der Waals surface area contributed by atoms with Gasteiger partial charge in [0.05, 0.1) is 0 Å². The van der Waals surface area contributed by atoms with Crippen LogP contribution in [0.5, 0.6) is 11.5 Å². The van der Waals surface area contributed by atoms with E-state index in [1.165, 1.54) is 6.08 Å². The molecule has 0 aromatic heterocycles. The second-order valence-corrected chi connectivity index (χ2v) is 2.54. The third kappa shape index (κ3) is 2.65. The fourth-order valence-corrected chi connectivity index (χ4v) is 0.944. The van der Waals surface area contributed by atoms with Crippen LogP contribution in [0.2, 0.25) is 0 Å². The van der Waals surface area contributed by atoms with Gasteiger partial charge in [-0.25, -0.2) is 4.39 Å². The number of ether oxygens (including phenoxy) is 2. The molecule has 1 rings (SSSR count). The Bertz CT molecular complexity index is 353. The first-order chi connectivity index (χ1) is 7.20.